The van der Waals surface area contributed by atoms with E-state index in [1.54, 1.807) is 19.3 Å². The summed E-state index contributed by atoms with van der Waals surface area (Å²) >= 11 is 0. The molecule has 0 fully saturated rings. The molecule has 0 unspecified atom stereocenters. The maximum Gasteiger partial charge on any atom is 0.223 e. The molecule has 2 aromatic heterocycles. The minimum Gasteiger partial charge on any atom is -0.185 e. The van der Waals surface area contributed by atoms with E-state index in [4.69, 9.17) is 0 Å². The fraction of sp³-hybridized carbons (Fsp3) is 0.200. The predicted molar refractivity (Wildman–Crippen MR) is 34.1 cm³/mol. The van der Waals surface area contributed by atoms with Gasteiger partial charge >= 0.3 is 0 Å². The molecule has 5 heteroatoms. The molecule has 0 bridgehead atoms. The number of rotatable bonds is 0. The maximum atomic E-state index is 4.02. The fourth-order valence-electron chi connectivity index (χ4n) is 0.782. The van der Waals surface area contributed by atoms with Crippen molar-refractivity contribution < 1.29 is 0 Å². The molecule has 2 rings (SSSR count). The van der Waals surface area contributed by atoms with Crippen molar-refractivity contribution in [3.63, 3.8) is 0 Å². The first-order chi connectivity index (χ1) is 4.86. The van der Waals surface area contributed by atoms with Gasteiger partial charge in [0.15, 0.2) is 0 Å². The third-order valence-electron chi connectivity index (χ3n) is 1.17. The first-order valence-corrected chi connectivity index (χ1v) is 2.85. The highest BCUT2D eigenvalue weighted by atomic mass is 15.5. The van der Waals surface area contributed by atoms with Crippen LogP contribution in [0.1, 0.15) is 0 Å². The molecule has 0 saturated heterocycles. The monoisotopic (exact) mass is 135 g/mol. The summed E-state index contributed by atoms with van der Waals surface area (Å²) in [5, 5.41) is 15.4. The molecule has 0 atom stereocenters. The SMILES string of the molecule is Cn1nc2ccnnc2n1. The molecule has 2 aromatic rings. The first-order valence-electron chi connectivity index (χ1n) is 2.85. The highest BCUT2D eigenvalue weighted by Gasteiger charge is 1.97. The van der Waals surface area contributed by atoms with Gasteiger partial charge in [-0.15, -0.1) is 10.2 Å². The van der Waals surface area contributed by atoms with Crippen LogP contribution in [0.15, 0.2) is 12.3 Å². The summed E-state index contributed by atoms with van der Waals surface area (Å²) < 4.78 is 0. The Morgan fingerprint density at radius 3 is 3.10 bits per heavy atom. The Labute approximate surface area is 56.7 Å². The van der Waals surface area contributed by atoms with Crippen LogP contribution in [0.5, 0.6) is 0 Å². The standard InChI is InChI=1S/C5H5N5/c1-10-8-4-2-3-6-7-5(4)9-10/h2-3H,1H3. The molecule has 2 heterocycles. The molecule has 0 radical (unpaired) electrons. The van der Waals surface area contributed by atoms with E-state index in [2.05, 4.69) is 20.4 Å². The lowest BCUT2D eigenvalue weighted by atomic mass is 10.5. The molecule has 50 valence electrons. The van der Waals surface area contributed by atoms with Crippen molar-refractivity contribution in [1.82, 2.24) is 25.2 Å². The van der Waals surface area contributed by atoms with E-state index in [-0.39, 0.29) is 0 Å². The highest BCUT2D eigenvalue weighted by molar-refractivity contribution is 5.66. The van der Waals surface area contributed by atoms with Crippen molar-refractivity contribution in [3.05, 3.63) is 12.3 Å². The zero-order valence-electron chi connectivity index (χ0n) is 5.39. The van der Waals surface area contributed by atoms with Crippen LogP contribution in [0.4, 0.5) is 0 Å². The van der Waals surface area contributed by atoms with E-state index < -0.39 is 0 Å². The molecule has 5 nitrogen and oxygen atoms in total. The Hall–Kier alpha value is -1.52. The number of fused-ring (bicyclic) bond motifs is 1. The van der Waals surface area contributed by atoms with Gasteiger partial charge in [0.1, 0.15) is 5.52 Å². The number of aromatic nitrogens is 5. The van der Waals surface area contributed by atoms with Gasteiger partial charge in [-0.05, 0) is 6.07 Å². The average Bonchev–Trinajstić information content (AvgIpc) is 2.27. The van der Waals surface area contributed by atoms with Crippen molar-refractivity contribution in [2.24, 2.45) is 7.05 Å². The molecule has 0 aliphatic carbocycles. The molecular weight excluding hydrogens is 130 g/mol. The molecule has 10 heavy (non-hydrogen) atoms. The normalized spacial score (nSPS) is 10.5. The van der Waals surface area contributed by atoms with Gasteiger partial charge in [0.25, 0.3) is 0 Å². The van der Waals surface area contributed by atoms with Crippen LogP contribution in [0, 0.1) is 0 Å². The number of hydrogen-bond acceptors (Lipinski definition) is 4. The second kappa shape index (κ2) is 1.73. The highest BCUT2D eigenvalue weighted by Crippen LogP contribution is 1.99. The topological polar surface area (TPSA) is 56.5 Å². The molecule has 0 saturated carbocycles. The Balaban J connectivity index is 2.88. The van der Waals surface area contributed by atoms with E-state index in [1.807, 2.05) is 0 Å². The second-order valence-electron chi connectivity index (χ2n) is 1.93. The van der Waals surface area contributed by atoms with Gasteiger partial charge in [-0.25, -0.2) is 0 Å². The van der Waals surface area contributed by atoms with Crippen molar-refractivity contribution in [2.75, 3.05) is 0 Å². The number of aryl methyl sites for hydroxylation is 1. The Morgan fingerprint density at radius 2 is 2.30 bits per heavy atom. The molecule has 0 amide bonds. The van der Waals surface area contributed by atoms with Crippen LogP contribution in [0.2, 0.25) is 0 Å². The lowest BCUT2D eigenvalue weighted by molar-refractivity contribution is 0.663. The summed E-state index contributed by atoms with van der Waals surface area (Å²) in [5.74, 6) is 0. The maximum absolute atomic E-state index is 4.02. The molecule has 0 aromatic carbocycles. The average molecular weight is 135 g/mol. The van der Waals surface area contributed by atoms with Gasteiger partial charge in [-0.2, -0.15) is 15.0 Å². The Kier molecular flexibility index (Phi) is 0.913. The second-order valence-corrected chi connectivity index (χ2v) is 1.93. The fourth-order valence-corrected chi connectivity index (χ4v) is 0.782. The summed E-state index contributed by atoms with van der Waals surface area (Å²) in [5.41, 5.74) is 1.36. The lowest BCUT2D eigenvalue weighted by Crippen LogP contribution is -1.90. The summed E-state index contributed by atoms with van der Waals surface area (Å²) in [6.45, 7) is 0. The summed E-state index contributed by atoms with van der Waals surface area (Å²) in [6.07, 6.45) is 1.59. The molecular formula is C5H5N5. The van der Waals surface area contributed by atoms with Crippen LogP contribution in [-0.2, 0) is 7.05 Å². The summed E-state index contributed by atoms with van der Waals surface area (Å²) in [4.78, 5) is 1.47. The zero-order chi connectivity index (χ0) is 6.97. The summed E-state index contributed by atoms with van der Waals surface area (Å²) in [7, 11) is 1.75. The molecule has 0 aliphatic heterocycles. The van der Waals surface area contributed by atoms with Crippen LogP contribution >= 0.6 is 0 Å². The van der Waals surface area contributed by atoms with Gasteiger partial charge in [0.05, 0.1) is 6.20 Å². The van der Waals surface area contributed by atoms with E-state index in [0.717, 1.165) is 5.52 Å². The van der Waals surface area contributed by atoms with Crippen molar-refractivity contribution in [3.8, 4) is 0 Å². The first kappa shape index (κ1) is 5.28. The van der Waals surface area contributed by atoms with Crippen LogP contribution in [0.3, 0.4) is 0 Å². The van der Waals surface area contributed by atoms with E-state index >= 15 is 0 Å². The minimum atomic E-state index is 0.588. The van der Waals surface area contributed by atoms with E-state index in [1.165, 1.54) is 4.80 Å². The zero-order valence-corrected chi connectivity index (χ0v) is 5.39. The van der Waals surface area contributed by atoms with Crippen molar-refractivity contribution in [2.45, 2.75) is 0 Å². The largest absolute Gasteiger partial charge is 0.223 e. The smallest absolute Gasteiger partial charge is 0.185 e. The molecule has 0 N–H and O–H groups in total. The third kappa shape index (κ3) is 0.637. The number of hydrogen-bond donors (Lipinski definition) is 0. The van der Waals surface area contributed by atoms with Gasteiger partial charge < -0.3 is 0 Å². The van der Waals surface area contributed by atoms with Gasteiger partial charge in [-0.1, -0.05) is 0 Å². The minimum absolute atomic E-state index is 0.588. The van der Waals surface area contributed by atoms with Crippen molar-refractivity contribution in [1.29, 1.82) is 0 Å². The quantitative estimate of drug-likeness (QED) is 0.500. The molecule has 0 spiro atoms. The summed E-state index contributed by atoms with van der Waals surface area (Å²) in [6, 6.07) is 1.77. The van der Waals surface area contributed by atoms with E-state index in [0.29, 0.717) is 5.65 Å². The Bertz CT molecular complexity index is 319. The number of nitrogens with zero attached hydrogens (tertiary/aromatic N) is 5. The lowest BCUT2D eigenvalue weighted by Gasteiger charge is -1.76. The van der Waals surface area contributed by atoms with Crippen LogP contribution in [0.25, 0.3) is 11.2 Å². The van der Waals surface area contributed by atoms with Gasteiger partial charge in [0, 0.05) is 7.05 Å². The van der Waals surface area contributed by atoms with Gasteiger partial charge in [0.2, 0.25) is 5.65 Å². The third-order valence-corrected chi connectivity index (χ3v) is 1.17. The molecule has 0 aliphatic rings. The predicted octanol–water partition coefficient (Wildman–Crippen LogP) is -0.242. The van der Waals surface area contributed by atoms with E-state index in [9.17, 15) is 0 Å². The Morgan fingerprint density at radius 1 is 1.40 bits per heavy atom. The van der Waals surface area contributed by atoms with Crippen LogP contribution < -0.4 is 0 Å². The van der Waals surface area contributed by atoms with Gasteiger partial charge in [-0.3, -0.25) is 0 Å². The van der Waals surface area contributed by atoms with Crippen molar-refractivity contribution >= 4 is 11.2 Å². The van der Waals surface area contributed by atoms with Crippen LogP contribution in [-0.4, -0.2) is 25.2 Å².